The molecule has 4 nitrogen and oxygen atoms in total. The molecule has 126 valence electrons. The van der Waals surface area contributed by atoms with Gasteiger partial charge in [0.2, 0.25) is 0 Å². The normalized spacial score (nSPS) is 10.5. The molecule has 5 heteroatoms. The Morgan fingerprint density at radius 1 is 1.04 bits per heavy atom. The summed E-state index contributed by atoms with van der Waals surface area (Å²) in [5.41, 5.74) is 2.16. The lowest BCUT2D eigenvalue weighted by atomic mass is 10.1. The molecule has 0 fully saturated rings. The summed E-state index contributed by atoms with van der Waals surface area (Å²) in [4.78, 5) is 24.3. The van der Waals surface area contributed by atoms with Gasteiger partial charge in [-0.3, -0.25) is 4.79 Å². The molecule has 0 spiro atoms. The average molecular weight is 398 g/mol. The van der Waals surface area contributed by atoms with E-state index < -0.39 is 5.97 Å². The first kappa shape index (κ1) is 17.2. The number of carbonyl (C=O) groups is 2. The number of benzene rings is 3. The summed E-state index contributed by atoms with van der Waals surface area (Å²) >= 11 is 3.42. The minimum absolute atomic E-state index is 0.340. The second-order valence-corrected chi connectivity index (χ2v) is 6.47. The zero-order valence-corrected chi connectivity index (χ0v) is 15.2. The van der Waals surface area contributed by atoms with Crippen molar-refractivity contribution >= 4 is 44.3 Å². The zero-order valence-electron chi connectivity index (χ0n) is 13.6. The van der Waals surface area contributed by atoms with E-state index >= 15 is 0 Å². The number of esters is 1. The molecule has 3 rings (SSSR count). The molecule has 3 aromatic rings. The lowest BCUT2D eigenvalue weighted by Crippen LogP contribution is -2.21. The van der Waals surface area contributed by atoms with Crippen LogP contribution in [0.1, 0.15) is 15.9 Å². The van der Waals surface area contributed by atoms with E-state index in [-0.39, 0.29) is 12.5 Å². The van der Waals surface area contributed by atoms with Crippen LogP contribution in [0.2, 0.25) is 0 Å². The van der Waals surface area contributed by atoms with Crippen LogP contribution in [0, 0.1) is 6.92 Å². The van der Waals surface area contributed by atoms with E-state index in [1.165, 1.54) is 0 Å². The van der Waals surface area contributed by atoms with Crippen LogP contribution in [0.4, 0.5) is 5.69 Å². The highest BCUT2D eigenvalue weighted by molar-refractivity contribution is 9.10. The number of halogens is 1. The molecule has 0 aliphatic carbocycles. The monoisotopic (exact) mass is 397 g/mol. The highest BCUT2D eigenvalue weighted by Crippen LogP contribution is 2.21. The molecule has 25 heavy (non-hydrogen) atoms. The molecule has 0 unspecified atom stereocenters. The van der Waals surface area contributed by atoms with E-state index in [1.54, 1.807) is 24.3 Å². The van der Waals surface area contributed by atoms with Crippen LogP contribution in [0.5, 0.6) is 0 Å². The van der Waals surface area contributed by atoms with Crippen molar-refractivity contribution in [2.45, 2.75) is 6.92 Å². The molecule has 0 aliphatic rings. The largest absolute Gasteiger partial charge is 0.452 e. The Balaban J connectivity index is 1.65. The van der Waals surface area contributed by atoms with Gasteiger partial charge in [0.1, 0.15) is 0 Å². The van der Waals surface area contributed by atoms with Gasteiger partial charge in [0, 0.05) is 10.2 Å². The fourth-order valence-electron chi connectivity index (χ4n) is 2.48. The van der Waals surface area contributed by atoms with Crippen molar-refractivity contribution in [1.82, 2.24) is 0 Å². The summed E-state index contributed by atoms with van der Waals surface area (Å²) in [6, 6.07) is 18.5. The van der Waals surface area contributed by atoms with Gasteiger partial charge >= 0.3 is 5.97 Å². The number of aryl methyl sites for hydroxylation is 1. The first-order valence-corrected chi connectivity index (χ1v) is 8.55. The van der Waals surface area contributed by atoms with Gasteiger partial charge < -0.3 is 10.1 Å². The third kappa shape index (κ3) is 4.06. The van der Waals surface area contributed by atoms with Crippen LogP contribution in [0.15, 0.2) is 65.1 Å². The lowest BCUT2D eigenvalue weighted by Gasteiger charge is -2.09. The minimum atomic E-state index is -0.517. The number of fused-ring (bicyclic) bond motifs is 1. The predicted octanol–water partition coefficient (Wildman–Crippen LogP) is 4.71. The second kappa shape index (κ2) is 7.49. The molecule has 3 aromatic carbocycles. The third-order valence-corrected chi connectivity index (χ3v) is 4.65. The first-order chi connectivity index (χ1) is 12.0. The average Bonchev–Trinajstić information content (AvgIpc) is 2.62. The van der Waals surface area contributed by atoms with E-state index in [0.29, 0.717) is 11.3 Å². The molecule has 1 N–H and O–H groups in total. The van der Waals surface area contributed by atoms with Crippen molar-refractivity contribution in [2.24, 2.45) is 0 Å². The molecular weight excluding hydrogens is 382 g/mol. The summed E-state index contributed by atoms with van der Waals surface area (Å²) in [6.45, 7) is 1.62. The lowest BCUT2D eigenvalue weighted by molar-refractivity contribution is -0.119. The maximum atomic E-state index is 12.3. The number of hydrogen-bond donors (Lipinski definition) is 1. The number of amides is 1. The standard InChI is InChI=1S/C20H16BrNO3/c1-13-9-10-15(11-18(13)21)22-19(23)12-25-20(24)17-8-4-6-14-5-2-3-7-16(14)17/h2-11H,12H2,1H3,(H,22,23). The molecule has 0 saturated heterocycles. The maximum absolute atomic E-state index is 12.3. The van der Waals surface area contributed by atoms with Gasteiger partial charge in [0.25, 0.3) is 5.91 Å². The second-order valence-electron chi connectivity index (χ2n) is 5.61. The van der Waals surface area contributed by atoms with E-state index in [2.05, 4.69) is 21.2 Å². The van der Waals surface area contributed by atoms with Crippen molar-refractivity contribution in [3.63, 3.8) is 0 Å². The molecule has 0 radical (unpaired) electrons. The summed E-state index contributed by atoms with van der Waals surface area (Å²) in [5, 5.41) is 4.46. The molecule has 1 amide bonds. The Kier molecular flexibility index (Phi) is 5.14. The fourth-order valence-corrected chi connectivity index (χ4v) is 2.86. The molecule has 0 atom stereocenters. The summed E-state index contributed by atoms with van der Waals surface area (Å²) < 4.78 is 6.06. The molecule has 0 heterocycles. The van der Waals surface area contributed by atoms with Crippen LogP contribution < -0.4 is 5.32 Å². The van der Waals surface area contributed by atoms with Gasteiger partial charge in [0.15, 0.2) is 6.61 Å². The van der Waals surface area contributed by atoms with Gasteiger partial charge in [-0.25, -0.2) is 4.79 Å². The van der Waals surface area contributed by atoms with Crippen molar-refractivity contribution in [3.05, 3.63) is 76.3 Å². The van der Waals surface area contributed by atoms with Crippen LogP contribution >= 0.6 is 15.9 Å². The molecule has 0 saturated carbocycles. The smallest absolute Gasteiger partial charge is 0.339 e. The van der Waals surface area contributed by atoms with Gasteiger partial charge in [-0.1, -0.05) is 58.4 Å². The van der Waals surface area contributed by atoms with E-state index in [9.17, 15) is 9.59 Å². The Hall–Kier alpha value is -2.66. The number of hydrogen-bond acceptors (Lipinski definition) is 3. The number of carbonyl (C=O) groups excluding carboxylic acids is 2. The molecular formula is C20H16BrNO3. The molecule has 0 aromatic heterocycles. The highest BCUT2D eigenvalue weighted by atomic mass is 79.9. The Bertz CT molecular complexity index is 947. The van der Waals surface area contributed by atoms with Crippen molar-refractivity contribution < 1.29 is 14.3 Å². The summed E-state index contributed by atoms with van der Waals surface area (Å²) in [5.74, 6) is -0.902. The van der Waals surface area contributed by atoms with Gasteiger partial charge in [0.05, 0.1) is 5.56 Å². The maximum Gasteiger partial charge on any atom is 0.339 e. The molecule has 0 bridgehead atoms. The van der Waals surface area contributed by atoms with Crippen LogP contribution in [-0.4, -0.2) is 18.5 Å². The number of ether oxygens (including phenoxy) is 1. The van der Waals surface area contributed by atoms with Crippen molar-refractivity contribution in [2.75, 3.05) is 11.9 Å². The Morgan fingerprint density at radius 2 is 1.80 bits per heavy atom. The van der Waals surface area contributed by atoms with E-state index in [0.717, 1.165) is 20.8 Å². The number of anilines is 1. The van der Waals surface area contributed by atoms with Crippen LogP contribution in [0.3, 0.4) is 0 Å². The number of rotatable bonds is 4. The third-order valence-electron chi connectivity index (χ3n) is 3.80. The van der Waals surface area contributed by atoms with Gasteiger partial charge in [-0.15, -0.1) is 0 Å². The Labute approximate surface area is 153 Å². The molecule has 0 aliphatic heterocycles. The van der Waals surface area contributed by atoms with Crippen molar-refractivity contribution in [3.8, 4) is 0 Å². The topological polar surface area (TPSA) is 55.4 Å². The Morgan fingerprint density at radius 3 is 2.60 bits per heavy atom. The predicted molar refractivity (Wildman–Crippen MR) is 102 cm³/mol. The minimum Gasteiger partial charge on any atom is -0.452 e. The fraction of sp³-hybridized carbons (Fsp3) is 0.100. The zero-order chi connectivity index (χ0) is 17.8. The van der Waals surface area contributed by atoms with Gasteiger partial charge in [-0.2, -0.15) is 0 Å². The van der Waals surface area contributed by atoms with E-state index in [1.807, 2.05) is 43.3 Å². The summed E-state index contributed by atoms with van der Waals surface area (Å²) in [7, 11) is 0. The summed E-state index contributed by atoms with van der Waals surface area (Å²) in [6.07, 6.45) is 0. The van der Waals surface area contributed by atoms with E-state index in [4.69, 9.17) is 4.74 Å². The van der Waals surface area contributed by atoms with Crippen LogP contribution in [-0.2, 0) is 9.53 Å². The van der Waals surface area contributed by atoms with Crippen molar-refractivity contribution in [1.29, 1.82) is 0 Å². The van der Waals surface area contributed by atoms with Gasteiger partial charge in [-0.05, 0) is 41.5 Å². The first-order valence-electron chi connectivity index (χ1n) is 7.75. The van der Waals surface area contributed by atoms with Crippen LogP contribution in [0.25, 0.3) is 10.8 Å². The highest BCUT2D eigenvalue weighted by Gasteiger charge is 2.13. The quantitative estimate of drug-likeness (QED) is 0.648. The SMILES string of the molecule is Cc1ccc(NC(=O)COC(=O)c2cccc3ccccc23)cc1Br. The number of nitrogens with one attached hydrogen (secondary N) is 1.